The fraction of sp³-hybridized carbons (Fsp3) is 0.667. The van der Waals surface area contributed by atoms with Gasteiger partial charge in [0, 0.05) is 26.1 Å². The standard InChI is InChI=1S/C33H51N6O6/c1-21(2)28(34)37-31(42)38-16-13-23(14-17-38)9-8-18-44-25-12-11-24(22(3)19-25)20-26(36-32(43)45-33(4,5)6)30(41)39-15-7-10-27(39)29(35)40/h11-12,19,21,23,26-27H,7-10,13-18,20H2,1-6H3,(H4-,34,35,36,37,40,42,43)/q-1/t26-,27-/m0/s1. The first-order valence-electron chi connectivity index (χ1n) is 16.1. The highest BCUT2D eigenvalue weighted by Crippen LogP contribution is 2.25. The molecule has 0 aliphatic carbocycles. The zero-order chi connectivity index (χ0) is 33.3. The number of piperidine rings is 1. The molecule has 4 N–H and O–H groups in total. The number of nitrogens with zero attached hydrogens (tertiary/aromatic N) is 3. The molecule has 1 aromatic carbocycles. The normalized spacial score (nSPS) is 18.0. The van der Waals surface area contributed by atoms with Crippen molar-refractivity contribution in [2.24, 2.45) is 17.6 Å². The van der Waals surface area contributed by atoms with Crippen molar-refractivity contribution in [3.8, 4) is 5.75 Å². The molecule has 3 rings (SSSR count). The van der Waals surface area contributed by atoms with Crippen LogP contribution in [0.25, 0.3) is 5.41 Å². The molecular weight excluding hydrogens is 576 g/mol. The topological polar surface area (TPSA) is 166 Å². The number of benzene rings is 1. The molecule has 0 radical (unpaired) electrons. The van der Waals surface area contributed by atoms with Gasteiger partial charge in [0.15, 0.2) is 0 Å². The molecule has 1 aromatic rings. The minimum Gasteiger partial charge on any atom is -0.494 e. The summed E-state index contributed by atoms with van der Waals surface area (Å²) in [4.78, 5) is 53.7. The van der Waals surface area contributed by atoms with Gasteiger partial charge in [0.25, 0.3) is 0 Å². The van der Waals surface area contributed by atoms with Gasteiger partial charge in [-0.25, -0.2) is 4.79 Å². The van der Waals surface area contributed by atoms with E-state index in [1.54, 1.807) is 25.7 Å². The van der Waals surface area contributed by atoms with Crippen LogP contribution in [0.2, 0.25) is 0 Å². The zero-order valence-electron chi connectivity index (χ0n) is 27.7. The lowest BCUT2D eigenvalue weighted by Gasteiger charge is -2.35. The first-order valence-corrected chi connectivity index (χ1v) is 16.1. The molecule has 2 heterocycles. The number of amides is 5. The number of amidine groups is 1. The van der Waals surface area contributed by atoms with Gasteiger partial charge in [-0.05, 0) is 101 Å². The number of alkyl carbamates (subject to hydrolysis) is 1. The van der Waals surface area contributed by atoms with Gasteiger partial charge >= 0.3 is 6.09 Å². The number of carbonyl (C=O) groups is 4. The number of carbonyl (C=O) groups excluding carboxylic acids is 4. The van der Waals surface area contributed by atoms with Crippen molar-refractivity contribution < 1.29 is 28.7 Å². The number of urea groups is 1. The highest BCUT2D eigenvalue weighted by molar-refractivity contribution is 6.00. The molecule has 2 aliphatic rings. The third-order valence-electron chi connectivity index (χ3n) is 8.30. The number of hydrogen-bond acceptors (Lipinski definition) is 6. The molecule has 2 atom stereocenters. The second-order valence-electron chi connectivity index (χ2n) is 13.5. The van der Waals surface area contributed by atoms with Crippen molar-refractivity contribution in [1.29, 1.82) is 0 Å². The smallest absolute Gasteiger partial charge is 0.408 e. The number of hydrogen-bond donors (Lipinski definition) is 3. The minimum atomic E-state index is -0.929. The van der Waals surface area contributed by atoms with Crippen molar-refractivity contribution in [2.45, 2.75) is 104 Å². The summed E-state index contributed by atoms with van der Waals surface area (Å²) in [5.41, 5.74) is 6.59. The molecule has 2 fully saturated rings. The molecule has 12 heteroatoms. The van der Waals surface area contributed by atoms with Crippen molar-refractivity contribution >= 4 is 29.8 Å². The monoisotopic (exact) mass is 627 g/mol. The van der Waals surface area contributed by atoms with E-state index in [1.807, 2.05) is 39.0 Å². The molecule has 45 heavy (non-hydrogen) atoms. The number of nitrogens with two attached hydrogens (primary N) is 1. The fourth-order valence-corrected chi connectivity index (χ4v) is 5.70. The van der Waals surface area contributed by atoms with Gasteiger partial charge in [-0.15, -0.1) is 0 Å². The molecular formula is C33H51N6O6-. The van der Waals surface area contributed by atoms with Crippen LogP contribution in [-0.4, -0.2) is 83.5 Å². The molecule has 0 spiro atoms. The minimum absolute atomic E-state index is 0.00580. The SMILES string of the molecule is Cc1cc(OCCCC2CCN(C(=O)NC(=[N-])C(C)C)CC2)ccc1C[C@H](NC(=O)OC(C)(C)C)C(=O)N1CCC[C@H]1C(N)=O. The summed E-state index contributed by atoms with van der Waals surface area (Å²) in [6, 6.07) is 3.82. The van der Waals surface area contributed by atoms with Crippen molar-refractivity contribution in [2.75, 3.05) is 26.2 Å². The Balaban J connectivity index is 1.52. The van der Waals surface area contributed by atoms with Crippen LogP contribution in [-0.2, 0) is 20.7 Å². The lowest BCUT2D eigenvalue weighted by Crippen LogP contribution is -2.54. The number of ether oxygens (including phenoxy) is 2. The highest BCUT2D eigenvalue weighted by Gasteiger charge is 2.37. The summed E-state index contributed by atoms with van der Waals surface area (Å²) in [7, 11) is 0. The maximum Gasteiger partial charge on any atom is 0.408 e. The Hall–Kier alpha value is -3.83. The first-order chi connectivity index (χ1) is 21.1. The Bertz CT molecular complexity index is 1220. The maximum atomic E-state index is 13.6. The highest BCUT2D eigenvalue weighted by atomic mass is 16.6. The van der Waals surface area contributed by atoms with Crippen molar-refractivity contribution in [1.82, 2.24) is 20.4 Å². The fourth-order valence-electron chi connectivity index (χ4n) is 5.70. The third-order valence-corrected chi connectivity index (χ3v) is 8.30. The Kier molecular flexibility index (Phi) is 12.6. The number of rotatable bonds is 11. The lowest BCUT2D eigenvalue weighted by molar-refractivity contribution is -0.139. The van der Waals surface area contributed by atoms with Crippen LogP contribution in [0.5, 0.6) is 5.75 Å². The number of nitrogens with one attached hydrogen (secondary N) is 2. The summed E-state index contributed by atoms with van der Waals surface area (Å²) in [6.07, 6.45) is 4.40. The summed E-state index contributed by atoms with van der Waals surface area (Å²) < 4.78 is 11.4. The second-order valence-corrected chi connectivity index (χ2v) is 13.5. The molecule has 12 nitrogen and oxygen atoms in total. The van der Waals surface area contributed by atoms with Crippen LogP contribution >= 0.6 is 0 Å². The van der Waals surface area contributed by atoms with E-state index in [0.717, 1.165) is 42.6 Å². The lowest BCUT2D eigenvalue weighted by atomic mass is 9.92. The first kappa shape index (κ1) is 35.6. The number of likely N-dealkylation sites (tertiary alicyclic amines) is 2. The van der Waals surface area contributed by atoms with E-state index >= 15 is 0 Å². The molecule has 5 amide bonds. The van der Waals surface area contributed by atoms with E-state index in [2.05, 4.69) is 10.6 Å². The molecule has 0 bridgehead atoms. The maximum absolute atomic E-state index is 13.6. The Morgan fingerprint density at radius 3 is 2.38 bits per heavy atom. The molecule has 0 aromatic heterocycles. The van der Waals surface area contributed by atoms with Crippen LogP contribution < -0.4 is 21.1 Å². The average molecular weight is 628 g/mol. The van der Waals surface area contributed by atoms with E-state index in [0.29, 0.717) is 45.0 Å². The molecule has 2 saturated heterocycles. The van der Waals surface area contributed by atoms with Crippen molar-refractivity contribution in [3.05, 3.63) is 34.7 Å². The van der Waals surface area contributed by atoms with E-state index in [-0.39, 0.29) is 30.1 Å². The van der Waals surface area contributed by atoms with Gasteiger partial charge < -0.3 is 41.1 Å². The van der Waals surface area contributed by atoms with E-state index in [1.165, 1.54) is 4.90 Å². The Morgan fingerprint density at radius 1 is 1.09 bits per heavy atom. The Labute approximate surface area is 267 Å². The molecule has 0 unspecified atom stereocenters. The molecule has 250 valence electrons. The zero-order valence-corrected chi connectivity index (χ0v) is 27.7. The van der Waals surface area contributed by atoms with Crippen molar-refractivity contribution in [3.63, 3.8) is 0 Å². The van der Waals surface area contributed by atoms with Crippen LogP contribution in [0.1, 0.15) is 84.3 Å². The molecule has 0 saturated carbocycles. The van der Waals surface area contributed by atoms with Crippen LogP contribution in [0.15, 0.2) is 18.2 Å². The van der Waals surface area contributed by atoms with E-state index in [9.17, 15) is 24.6 Å². The third kappa shape index (κ3) is 10.9. The quantitative estimate of drug-likeness (QED) is 0.190. The van der Waals surface area contributed by atoms with Gasteiger partial charge in [-0.2, -0.15) is 0 Å². The van der Waals surface area contributed by atoms with Gasteiger partial charge in [0.05, 0.1) is 6.61 Å². The van der Waals surface area contributed by atoms with E-state index < -0.39 is 29.7 Å². The van der Waals surface area contributed by atoms with E-state index in [4.69, 9.17) is 15.2 Å². The van der Waals surface area contributed by atoms with Crippen LogP contribution in [0.3, 0.4) is 0 Å². The predicted octanol–water partition coefficient (Wildman–Crippen LogP) is 4.11. The summed E-state index contributed by atoms with van der Waals surface area (Å²) in [6.45, 7) is 13.1. The Morgan fingerprint density at radius 2 is 1.78 bits per heavy atom. The summed E-state index contributed by atoms with van der Waals surface area (Å²) in [5.74, 6) is 0.200. The average Bonchev–Trinajstić information content (AvgIpc) is 3.45. The largest absolute Gasteiger partial charge is 0.494 e. The predicted molar refractivity (Wildman–Crippen MR) is 173 cm³/mol. The molecule has 2 aliphatic heterocycles. The van der Waals surface area contributed by atoms with Gasteiger partial charge in [0.1, 0.15) is 23.4 Å². The summed E-state index contributed by atoms with van der Waals surface area (Å²) >= 11 is 0. The van der Waals surface area contributed by atoms with Gasteiger partial charge in [-0.1, -0.05) is 25.7 Å². The number of aryl methyl sites for hydroxylation is 1. The number of primary amides is 1. The van der Waals surface area contributed by atoms with Gasteiger partial charge in [-0.3, -0.25) is 14.4 Å². The second kappa shape index (κ2) is 15.9. The van der Waals surface area contributed by atoms with Crippen LogP contribution in [0.4, 0.5) is 9.59 Å². The van der Waals surface area contributed by atoms with Gasteiger partial charge in [0.2, 0.25) is 17.8 Å². The summed E-state index contributed by atoms with van der Waals surface area (Å²) in [5, 5.41) is 15.1. The van der Waals surface area contributed by atoms with Crippen LogP contribution in [0, 0.1) is 18.8 Å².